The fourth-order valence-electron chi connectivity index (χ4n) is 1.85. The maximum atomic E-state index is 11.9. The van der Waals surface area contributed by atoms with E-state index >= 15 is 0 Å². The number of carbonyl (C=O) groups is 1. The molecule has 0 saturated heterocycles. The zero-order chi connectivity index (χ0) is 15.1. The number of ether oxygens (including phenoxy) is 1. The Morgan fingerprint density at radius 1 is 1.30 bits per heavy atom. The van der Waals surface area contributed by atoms with Gasteiger partial charge in [-0.15, -0.1) is 0 Å². The van der Waals surface area contributed by atoms with E-state index in [1.54, 1.807) is 18.2 Å². The van der Waals surface area contributed by atoms with E-state index in [0.717, 1.165) is 12.8 Å². The number of hydrogen-bond acceptors (Lipinski definition) is 2. The highest BCUT2D eigenvalue weighted by molar-refractivity contribution is 6.32. The van der Waals surface area contributed by atoms with Gasteiger partial charge in [0, 0.05) is 6.04 Å². The third-order valence-corrected chi connectivity index (χ3v) is 3.27. The van der Waals surface area contributed by atoms with Crippen molar-refractivity contribution in [3.8, 4) is 5.75 Å². The van der Waals surface area contributed by atoms with E-state index < -0.39 is 0 Å². The number of methoxy groups -OCH3 is 1. The van der Waals surface area contributed by atoms with E-state index in [0.29, 0.717) is 22.4 Å². The van der Waals surface area contributed by atoms with Crippen LogP contribution < -0.4 is 15.4 Å². The molecule has 0 aromatic heterocycles. The first-order valence-electron chi connectivity index (χ1n) is 6.84. The van der Waals surface area contributed by atoms with E-state index in [9.17, 15) is 4.79 Å². The number of nitrogens with one attached hydrogen (secondary N) is 2. The lowest BCUT2D eigenvalue weighted by atomic mass is 10.0. The number of benzene rings is 1. The molecule has 2 N–H and O–H groups in total. The van der Waals surface area contributed by atoms with Crippen molar-refractivity contribution in [1.29, 1.82) is 0 Å². The summed E-state index contributed by atoms with van der Waals surface area (Å²) in [5.74, 6) is 1.11. The fourth-order valence-corrected chi connectivity index (χ4v) is 2.10. The van der Waals surface area contributed by atoms with Gasteiger partial charge in [-0.25, -0.2) is 4.79 Å². The predicted octanol–water partition coefficient (Wildman–Crippen LogP) is 4.29. The average Bonchev–Trinajstić information content (AvgIpc) is 2.36. The minimum absolute atomic E-state index is 0.127. The van der Waals surface area contributed by atoms with Gasteiger partial charge in [-0.2, -0.15) is 0 Å². The Bertz CT molecular complexity index is 449. The Labute approximate surface area is 125 Å². The van der Waals surface area contributed by atoms with Gasteiger partial charge >= 0.3 is 6.03 Å². The molecule has 0 bridgehead atoms. The molecule has 1 rings (SSSR count). The van der Waals surface area contributed by atoms with Crippen LogP contribution in [-0.4, -0.2) is 19.2 Å². The van der Waals surface area contributed by atoms with Crippen LogP contribution in [0.3, 0.4) is 0 Å². The van der Waals surface area contributed by atoms with Crippen LogP contribution in [0.4, 0.5) is 10.5 Å². The third kappa shape index (κ3) is 5.29. The molecule has 112 valence electrons. The Balaban J connectivity index is 2.56. The van der Waals surface area contributed by atoms with Crippen LogP contribution in [0.2, 0.25) is 5.02 Å². The molecule has 0 spiro atoms. The number of para-hydroxylation sites is 1. The molecular weight excluding hydrogens is 276 g/mol. The molecule has 5 heteroatoms. The Kier molecular flexibility index (Phi) is 6.65. The predicted molar refractivity (Wildman–Crippen MR) is 83.7 cm³/mol. The van der Waals surface area contributed by atoms with Gasteiger partial charge in [-0.05, 0) is 37.8 Å². The van der Waals surface area contributed by atoms with Crippen LogP contribution in [0.5, 0.6) is 5.75 Å². The summed E-state index contributed by atoms with van der Waals surface area (Å²) in [5, 5.41) is 6.14. The smallest absolute Gasteiger partial charge is 0.319 e. The summed E-state index contributed by atoms with van der Waals surface area (Å²) in [6, 6.07) is 5.12. The number of anilines is 1. The second-order valence-electron chi connectivity index (χ2n) is 5.29. The van der Waals surface area contributed by atoms with Crippen molar-refractivity contribution >= 4 is 23.3 Å². The van der Waals surface area contributed by atoms with Crippen LogP contribution in [0.1, 0.15) is 33.6 Å². The summed E-state index contributed by atoms with van der Waals surface area (Å²) < 4.78 is 5.19. The Morgan fingerprint density at radius 3 is 2.60 bits per heavy atom. The molecule has 1 aromatic carbocycles. The number of carbonyl (C=O) groups excluding carboxylic acids is 1. The molecular formula is C15H23ClN2O2. The standard InChI is InChI=1S/C15H23ClN2O2/c1-10(2)8-9-11(3)17-15(19)18-13-7-5-6-12(16)14(13)20-4/h5-7,10-11H,8-9H2,1-4H3,(H2,17,18,19). The zero-order valence-corrected chi connectivity index (χ0v) is 13.3. The maximum absolute atomic E-state index is 11.9. The van der Waals surface area contributed by atoms with Crippen molar-refractivity contribution in [2.45, 2.75) is 39.7 Å². The molecule has 1 unspecified atom stereocenters. The minimum Gasteiger partial charge on any atom is -0.493 e. The molecule has 0 aliphatic rings. The van der Waals surface area contributed by atoms with Crippen LogP contribution in [0.15, 0.2) is 18.2 Å². The van der Waals surface area contributed by atoms with E-state index in [1.807, 2.05) is 6.92 Å². The normalized spacial score (nSPS) is 12.1. The molecule has 0 radical (unpaired) electrons. The lowest BCUT2D eigenvalue weighted by Crippen LogP contribution is -2.36. The maximum Gasteiger partial charge on any atom is 0.319 e. The molecule has 20 heavy (non-hydrogen) atoms. The number of amides is 2. The molecule has 2 amide bonds. The molecule has 0 heterocycles. The quantitative estimate of drug-likeness (QED) is 0.823. The van der Waals surface area contributed by atoms with Crippen molar-refractivity contribution in [2.24, 2.45) is 5.92 Å². The van der Waals surface area contributed by atoms with Gasteiger partial charge in [0.25, 0.3) is 0 Å². The largest absolute Gasteiger partial charge is 0.493 e. The lowest BCUT2D eigenvalue weighted by molar-refractivity contribution is 0.248. The highest BCUT2D eigenvalue weighted by Crippen LogP contribution is 2.32. The lowest BCUT2D eigenvalue weighted by Gasteiger charge is -2.17. The van der Waals surface area contributed by atoms with E-state index in [-0.39, 0.29) is 12.1 Å². The molecule has 0 aliphatic carbocycles. The van der Waals surface area contributed by atoms with Crippen molar-refractivity contribution < 1.29 is 9.53 Å². The number of rotatable bonds is 6. The second-order valence-corrected chi connectivity index (χ2v) is 5.70. The SMILES string of the molecule is COc1c(Cl)cccc1NC(=O)NC(C)CCC(C)C. The van der Waals surface area contributed by atoms with Gasteiger partial charge in [-0.1, -0.05) is 31.5 Å². The number of urea groups is 1. The minimum atomic E-state index is -0.248. The number of halogens is 1. The molecule has 1 atom stereocenters. The topological polar surface area (TPSA) is 50.4 Å². The molecule has 0 aliphatic heterocycles. The first-order valence-corrected chi connectivity index (χ1v) is 7.21. The monoisotopic (exact) mass is 298 g/mol. The summed E-state index contributed by atoms with van der Waals surface area (Å²) in [4.78, 5) is 11.9. The van der Waals surface area contributed by atoms with Crippen molar-refractivity contribution in [1.82, 2.24) is 5.32 Å². The first kappa shape index (κ1) is 16.6. The van der Waals surface area contributed by atoms with Crippen molar-refractivity contribution in [3.63, 3.8) is 0 Å². The average molecular weight is 299 g/mol. The highest BCUT2D eigenvalue weighted by atomic mass is 35.5. The summed E-state index contributed by atoms with van der Waals surface area (Å²) in [5.41, 5.74) is 0.563. The van der Waals surface area contributed by atoms with Crippen molar-refractivity contribution in [3.05, 3.63) is 23.2 Å². The Hall–Kier alpha value is -1.42. The second kappa shape index (κ2) is 8.00. The fraction of sp³-hybridized carbons (Fsp3) is 0.533. The molecule has 4 nitrogen and oxygen atoms in total. The van der Waals surface area contributed by atoms with Crippen molar-refractivity contribution in [2.75, 3.05) is 12.4 Å². The van der Waals surface area contributed by atoms with E-state index in [2.05, 4.69) is 24.5 Å². The van der Waals surface area contributed by atoms with Gasteiger partial charge in [0.1, 0.15) is 0 Å². The first-order chi connectivity index (χ1) is 9.43. The van der Waals surface area contributed by atoms with E-state index in [4.69, 9.17) is 16.3 Å². The summed E-state index contributed by atoms with van der Waals surface area (Å²) >= 11 is 6.01. The van der Waals surface area contributed by atoms with E-state index in [1.165, 1.54) is 7.11 Å². The molecule has 0 saturated carbocycles. The molecule has 1 aromatic rings. The highest BCUT2D eigenvalue weighted by Gasteiger charge is 2.12. The van der Waals surface area contributed by atoms with Gasteiger partial charge in [0.05, 0.1) is 17.8 Å². The summed E-state index contributed by atoms with van der Waals surface area (Å²) in [7, 11) is 1.52. The van der Waals surface area contributed by atoms with Crippen LogP contribution >= 0.6 is 11.6 Å². The van der Waals surface area contributed by atoms with Crippen LogP contribution in [0, 0.1) is 5.92 Å². The number of hydrogen-bond donors (Lipinski definition) is 2. The van der Waals surface area contributed by atoms with Gasteiger partial charge in [-0.3, -0.25) is 0 Å². The molecule has 0 fully saturated rings. The summed E-state index contributed by atoms with van der Waals surface area (Å²) in [6.07, 6.45) is 2.04. The van der Waals surface area contributed by atoms with Gasteiger partial charge in [0.2, 0.25) is 0 Å². The van der Waals surface area contributed by atoms with Crippen LogP contribution in [-0.2, 0) is 0 Å². The van der Waals surface area contributed by atoms with Crippen LogP contribution in [0.25, 0.3) is 0 Å². The van der Waals surface area contributed by atoms with Gasteiger partial charge < -0.3 is 15.4 Å². The Morgan fingerprint density at radius 2 is 2.00 bits per heavy atom. The third-order valence-electron chi connectivity index (χ3n) is 2.97. The summed E-state index contributed by atoms with van der Waals surface area (Å²) in [6.45, 7) is 6.34. The zero-order valence-electron chi connectivity index (χ0n) is 12.5. The van der Waals surface area contributed by atoms with Gasteiger partial charge in [0.15, 0.2) is 5.75 Å².